The molecule has 1 aromatic carbocycles. The van der Waals surface area contributed by atoms with Gasteiger partial charge in [-0.25, -0.2) is 0 Å². The summed E-state index contributed by atoms with van der Waals surface area (Å²) in [5, 5.41) is 0. The first-order valence-electron chi connectivity index (χ1n) is 9.88. The zero-order valence-corrected chi connectivity index (χ0v) is 18.4. The lowest BCUT2D eigenvalue weighted by Gasteiger charge is -2.26. The standard InChI is InChI=1S/C26H27I/c1-4-7-24(27)17-23-15-22-13-12-21(16-25(22)26(23,2)3)20-11-10-18-8-5-6-9-19(18)14-20/h4,6-7,9-13,16-17,20H,1,5,8,14-15H2,2-3H3/b23-17+,24-7+/t20-/m0/s1. The minimum atomic E-state index is 0.0876. The van der Waals surface area contributed by atoms with Crippen LogP contribution in [0.25, 0.3) is 0 Å². The molecule has 1 aromatic rings. The van der Waals surface area contributed by atoms with E-state index in [9.17, 15) is 0 Å². The fourth-order valence-corrected chi connectivity index (χ4v) is 5.24. The van der Waals surface area contributed by atoms with Gasteiger partial charge < -0.3 is 0 Å². The summed E-state index contributed by atoms with van der Waals surface area (Å²) in [4.78, 5) is 0. The lowest BCUT2D eigenvalue weighted by Crippen LogP contribution is -2.16. The van der Waals surface area contributed by atoms with Crippen molar-refractivity contribution < 1.29 is 0 Å². The van der Waals surface area contributed by atoms with E-state index < -0.39 is 0 Å². The second kappa shape index (κ2) is 7.43. The molecule has 0 heterocycles. The van der Waals surface area contributed by atoms with Gasteiger partial charge >= 0.3 is 0 Å². The molecule has 0 N–H and O–H groups in total. The molecule has 0 nitrogen and oxygen atoms in total. The summed E-state index contributed by atoms with van der Waals surface area (Å²) in [6.07, 6.45) is 20.4. The minimum absolute atomic E-state index is 0.0876. The molecule has 0 fully saturated rings. The molecule has 0 unspecified atom stereocenters. The van der Waals surface area contributed by atoms with E-state index in [1.54, 1.807) is 11.1 Å². The van der Waals surface area contributed by atoms with Gasteiger partial charge in [0.15, 0.2) is 0 Å². The highest BCUT2D eigenvalue weighted by atomic mass is 127. The third-order valence-corrected chi connectivity index (χ3v) is 6.96. The molecular weight excluding hydrogens is 439 g/mol. The van der Waals surface area contributed by atoms with Gasteiger partial charge in [0.05, 0.1) is 0 Å². The Morgan fingerprint density at radius 3 is 2.89 bits per heavy atom. The minimum Gasteiger partial charge on any atom is -0.0990 e. The van der Waals surface area contributed by atoms with Crippen molar-refractivity contribution >= 4 is 22.6 Å². The SMILES string of the molecule is C=C/C=C(I)\C=C1/Cc2ccc([C@H]3C=CC4=C(C=CCC4)C3)cc2C1(C)C. The first-order valence-corrected chi connectivity index (χ1v) is 11.0. The molecule has 0 radical (unpaired) electrons. The summed E-state index contributed by atoms with van der Waals surface area (Å²) in [6, 6.07) is 7.20. The quantitative estimate of drug-likeness (QED) is 0.317. The van der Waals surface area contributed by atoms with Crippen LogP contribution in [0.3, 0.4) is 0 Å². The third kappa shape index (κ3) is 3.59. The maximum atomic E-state index is 3.82. The van der Waals surface area contributed by atoms with Gasteiger partial charge in [0.1, 0.15) is 0 Å². The molecule has 1 heteroatoms. The van der Waals surface area contributed by atoms with Gasteiger partial charge in [0.2, 0.25) is 0 Å². The molecular formula is C26H27I. The smallest absolute Gasteiger partial charge is 0.0130 e. The number of fused-ring (bicyclic) bond motifs is 1. The molecule has 0 saturated heterocycles. The van der Waals surface area contributed by atoms with Crippen LogP contribution in [0, 0.1) is 0 Å². The highest BCUT2D eigenvalue weighted by Gasteiger charge is 2.35. The van der Waals surface area contributed by atoms with Gasteiger partial charge in [0.25, 0.3) is 0 Å². The van der Waals surface area contributed by atoms with E-state index in [-0.39, 0.29) is 5.41 Å². The molecule has 0 bridgehead atoms. The average Bonchev–Trinajstić information content (AvgIpc) is 2.91. The van der Waals surface area contributed by atoms with Gasteiger partial charge in [0, 0.05) is 14.9 Å². The van der Waals surface area contributed by atoms with Crippen molar-refractivity contribution in [3.8, 4) is 0 Å². The van der Waals surface area contributed by atoms with Crippen LogP contribution in [0.4, 0.5) is 0 Å². The lowest BCUT2D eigenvalue weighted by molar-refractivity contribution is 0.642. The van der Waals surface area contributed by atoms with E-state index in [0.29, 0.717) is 5.92 Å². The maximum Gasteiger partial charge on any atom is 0.0130 e. The molecule has 0 aromatic heterocycles. The number of halogens is 1. The average molecular weight is 466 g/mol. The Kier molecular flexibility index (Phi) is 5.15. The highest BCUT2D eigenvalue weighted by molar-refractivity contribution is 14.1. The summed E-state index contributed by atoms with van der Waals surface area (Å²) in [5.74, 6) is 0.501. The van der Waals surface area contributed by atoms with E-state index in [1.165, 1.54) is 38.7 Å². The van der Waals surface area contributed by atoms with E-state index in [2.05, 4.69) is 97.7 Å². The number of rotatable bonds is 3. The first-order chi connectivity index (χ1) is 13.0. The Morgan fingerprint density at radius 1 is 1.22 bits per heavy atom. The molecule has 0 saturated carbocycles. The van der Waals surface area contributed by atoms with Crippen LogP contribution in [0.5, 0.6) is 0 Å². The Morgan fingerprint density at radius 2 is 2.07 bits per heavy atom. The largest absolute Gasteiger partial charge is 0.0990 e. The second-order valence-electron chi connectivity index (χ2n) is 8.34. The molecule has 3 aliphatic rings. The molecule has 138 valence electrons. The van der Waals surface area contributed by atoms with Crippen LogP contribution >= 0.6 is 22.6 Å². The van der Waals surface area contributed by atoms with Gasteiger partial charge in [-0.1, -0.05) is 74.6 Å². The van der Waals surface area contributed by atoms with Crippen molar-refractivity contribution in [3.63, 3.8) is 0 Å². The summed E-state index contributed by atoms with van der Waals surface area (Å²) < 4.78 is 1.25. The predicted molar refractivity (Wildman–Crippen MR) is 125 cm³/mol. The fraction of sp³-hybridized carbons (Fsp3) is 0.308. The van der Waals surface area contributed by atoms with Crippen LogP contribution in [0.2, 0.25) is 0 Å². The Hall–Kier alpha value is -1.61. The monoisotopic (exact) mass is 466 g/mol. The van der Waals surface area contributed by atoms with Crippen molar-refractivity contribution in [2.75, 3.05) is 0 Å². The van der Waals surface area contributed by atoms with E-state index in [4.69, 9.17) is 0 Å². The Labute approximate surface area is 177 Å². The summed E-state index contributed by atoms with van der Waals surface area (Å²) in [7, 11) is 0. The highest BCUT2D eigenvalue weighted by Crippen LogP contribution is 2.45. The molecule has 3 aliphatic carbocycles. The van der Waals surface area contributed by atoms with Gasteiger partial charge in [-0.3, -0.25) is 0 Å². The topological polar surface area (TPSA) is 0 Å². The number of hydrogen-bond acceptors (Lipinski definition) is 0. The fourth-order valence-electron chi connectivity index (χ4n) is 4.61. The van der Waals surface area contributed by atoms with Crippen LogP contribution < -0.4 is 0 Å². The van der Waals surface area contributed by atoms with Crippen molar-refractivity contribution in [3.05, 3.63) is 104 Å². The molecule has 1 atom stereocenters. The summed E-state index contributed by atoms with van der Waals surface area (Å²) in [6.45, 7) is 8.55. The Bertz CT molecular complexity index is 931. The van der Waals surface area contributed by atoms with Crippen LogP contribution in [-0.2, 0) is 11.8 Å². The zero-order chi connectivity index (χ0) is 19.0. The van der Waals surface area contributed by atoms with Crippen LogP contribution in [-0.4, -0.2) is 0 Å². The van der Waals surface area contributed by atoms with Gasteiger partial charge in [-0.15, -0.1) is 0 Å². The number of allylic oxidation sites excluding steroid dienone is 11. The lowest BCUT2D eigenvalue weighted by atomic mass is 9.78. The first kappa shape index (κ1) is 18.7. The van der Waals surface area contributed by atoms with Crippen molar-refractivity contribution in [1.82, 2.24) is 0 Å². The molecule has 0 aliphatic heterocycles. The van der Waals surface area contributed by atoms with Crippen LogP contribution in [0.1, 0.15) is 55.7 Å². The van der Waals surface area contributed by atoms with Crippen LogP contribution in [0.15, 0.2) is 87.6 Å². The molecule has 0 spiro atoms. The third-order valence-electron chi connectivity index (χ3n) is 6.29. The van der Waals surface area contributed by atoms with Gasteiger partial charge in [-0.05, 0) is 88.3 Å². The van der Waals surface area contributed by atoms with E-state index in [1.807, 2.05) is 6.08 Å². The summed E-state index contributed by atoms with van der Waals surface area (Å²) in [5.41, 5.74) is 9.11. The second-order valence-corrected chi connectivity index (χ2v) is 9.58. The predicted octanol–water partition coefficient (Wildman–Crippen LogP) is 7.64. The molecule has 0 amide bonds. The molecule has 4 rings (SSSR count). The number of hydrogen-bond donors (Lipinski definition) is 0. The number of benzene rings is 1. The van der Waals surface area contributed by atoms with Crippen molar-refractivity contribution in [2.24, 2.45) is 0 Å². The van der Waals surface area contributed by atoms with E-state index in [0.717, 1.165) is 12.8 Å². The van der Waals surface area contributed by atoms with Gasteiger partial charge in [-0.2, -0.15) is 0 Å². The van der Waals surface area contributed by atoms with Crippen molar-refractivity contribution in [1.29, 1.82) is 0 Å². The Balaban J connectivity index is 1.64. The van der Waals surface area contributed by atoms with Crippen molar-refractivity contribution in [2.45, 2.75) is 50.9 Å². The van der Waals surface area contributed by atoms with E-state index >= 15 is 0 Å². The normalized spacial score (nSPS) is 24.9. The maximum absolute atomic E-state index is 3.82. The summed E-state index contributed by atoms with van der Waals surface area (Å²) >= 11 is 2.40. The molecule has 27 heavy (non-hydrogen) atoms. The zero-order valence-electron chi connectivity index (χ0n) is 16.3.